The van der Waals surface area contributed by atoms with Crippen LogP contribution in [0.5, 0.6) is 0 Å². The van der Waals surface area contributed by atoms with Crippen LogP contribution in [0.4, 0.5) is 0 Å². The molecule has 0 saturated carbocycles. The topological polar surface area (TPSA) is 57.6 Å². The van der Waals surface area contributed by atoms with Crippen LogP contribution in [-0.2, 0) is 11.3 Å². The summed E-state index contributed by atoms with van der Waals surface area (Å²) in [5, 5.41) is 8.87. The Kier molecular flexibility index (Phi) is 4.12. The van der Waals surface area contributed by atoms with Gasteiger partial charge in [-0.05, 0) is 36.0 Å². The number of hydrogen-bond donors (Lipinski definition) is 1. The van der Waals surface area contributed by atoms with Gasteiger partial charge in [0.2, 0.25) is 5.91 Å². The fourth-order valence-electron chi connectivity index (χ4n) is 2.43. The number of hydrogen-bond acceptors (Lipinski definition) is 2. The van der Waals surface area contributed by atoms with Crippen LogP contribution in [0.1, 0.15) is 49.0 Å². The minimum absolute atomic E-state index is 0.192. The van der Waals surface area contributed by atoms with E-state index in [2.05, 4.69) is 13.8 Å². The molecule has 1 saturated heterocycles. The first-order valence-electron chi connectivity index (χ1n) is 6.97. The lowest BCUT2D eigenvalue weighted by molar-refractivity contribution is -0.131. The van der Waals surface area contributed by atoms with Gasteiger partial charge in [0.15, 0.2) is 0 Å². The third-order valence-electron chi connectivity index (χ3n) is 4.00. The first-order chi connectivity index (χ1) is 9.37. The molecule has 0 unspecified atom stereocenters. The van der Waals surface area contributed by atoms with Crippen LogP contribution in [0.3, 0.4) is 0 Å². The molecule has 108 valence electrons. The van der Waals surface area contributed by atoms with Crippen molar-refractivity contribution in [2.24, 2.45) is 5.41 Å². The second kappa shape index (κ2) is 5.65. The molecule has 0 bridgehead atoms. The number of carboxylic acids is 1. The van der Waals surface area contributed by atoms with Gasteiger partial charge >= 0.3 is 5.97 Å². The minimum Gasteiger partial charge on any atom is -0.478 e. The minimum atomic E-state index is -0.927. The summed E-state index contributed by atoms with van der Waals surface area (Å²) in [6, 6.07) is 6.74. The van der Waals surface area contributed by atoms with Crippen molar-refractivity contribution in [2.75, 3.05) is 6.54 Å². The molecule has 0 atom stereocenters. The van der Waals surface area contributed by atoms with Gasteiger partial charge in [-0.15, -0.1) is 0 Å². The lowest BCUT2D eigenvalue weighted by Gasteiger charge is -2.23. The second-order valence-electron chi connectivity index (χ2n) is 6.23. The van der Waals surface area contributed by atoms with E-state index >= 15 is 0 Å². The average molecular weight is 275 g/mol. The van der Waals surface area contributed by atoms with Crippen molar-refractivity contribution in [3.05, 3.63) is 35.4 Å². The lowest BCUT2D eigenvalue weighted by atomic mass is 9.85. The van der Waals surface area contributed by atoms with E-state index in [1.54, 1.807) is 24.3 Å². The van der Waals surface area contributed by atoms with E-state index in [1.807, 2.05) is 4.90 Å². The highest BCUT2D eigenvalue weighted by atomic mass is 16.4. The predicted octanol–water partition coefficient (Wildman–Crippen LogP) is 2.92. The van der Waals surface area contributed by atoms with E-state index in [4.69, 9.17) is 5.11 Å². The highest BCUT2D eigenvalue weighted by Crippen LogP contribution is 2.30. The summed E-state index contributed by atoms with van der Waals surface area (Å²) >= 11 is 0. The van der Waals surface area contributed by atoms with Gasteiger partial charge < -0.3 is 10.0 Å². The van der Waals surface area contributed by atoms with Crippen molar-refractivity contribution in [2.45, 2.75) is 39.7 Å². The van der Waals surface area contributed by atoms with Crippen LogP contribution in [0.25, 0.3) is 0 Å². The summed E-state index contributed by atoms with van der Waals surface area (Å²) < 4.78 is 0. The Morgan fingerprint density at radius 3 is 2.50 bits per heavy atom. The van der Waals surface area contributed by atoms with Gasteiger partial charge in [0, 0.05) is 19.5 Å². The maximum absolute atomic E-state index is 12.1. The third-order valence-corrected chi connectivity index (χ3v) is 4.00. The van der Waals surface area contributed by atoms with Crippen molar-refractivity contribution in [3.63, 3.8) is 0 Å². The van der Waals surface area contributed by atoms with Crippen LogP contribution in [0.15, 0.2) is 24.3 Å². The van der Waals surface area contributed by atoms with Crippen molar-refractivity contribution < 1.29 is 14.7 Å². The molecular weight excluding hydrogens is 254 g/mol. The van der Waals surface area contributed by atoms with E-state index in [0.717, 1.165) is 24.9 Å². The highest BCUT2D eigenvalue weighted by molar-refractivity contribution is 5.87. The van der Waals surface area contributed by atoms with Gasteiger partial charge in [-0.25, -0.2) is 4.79 Å². The number of carbonyl (C=O) groups is 2. The third kappa shape index (κ3) is 3.59. The van der Waals surface area contributed by atoms with Crippen LogP contribution in [0.2, 0.25) is 0 Å². The molecule has 20 heavy (non-hydrogen) atoms. The summed E-state index contributed by atoms with van der Waals surface area (Å²) in [5.41, 5.74) is 1.47. The van der Waals surface area contributed by atoms with E-state index in [9.17, 15) is 9.59 Å². The number of carbonyl (C=O) groups excluding carboxylic acids is 1. The number of aromatic carboxylic acids is 1. The van der Waals surface area contributed by atoms with E-state index < -0.39 is 5.97 Å². The molecule has 1 aromatic carbocycles. The number of benzene rings is 1. The van der Waals surface area contributed by atoms with Gasteiger partial charge in [-0.3, -0.25) is 4.79 Å². The summed E-state index contributed by atoms with van der Waals surface area (Å²) in [7, 11) is 0. The molecule has 0 aromatic heterocycles. The smallest absolute Gasteiger partial charge is 0.335 e. The Morgan fingerprint density at radius 2 is 1.90 bits per heavy atom. The second-order valence-corrected chi connectivity index (χ2v) is 6.23. The van der Waals surface area contributed by atoms with Gasteiger partial charge in [-0.2, -0.15) is 0 Å². The van der Waals surface area contributed by atoms with Crippen LogP contribution >= 0.6 is 0 Å². The zero-order valence-corrected chi connectivity index (χ0v) is 12.1. The molecule has 2 rings (SSSR count). The lowest BCUT2D eigenvalue weighted by Crippen LogP contribution is -2.30. The normalized spacial score (nSPS) is 18.7. The van der Waals surface area contributed by atoms with E-state index in [1.165, 1.54) is 0 Å². The van der Waals surface area contributed by atoms with Gasteiger partial charge in [0.1, 0.15) is 0 Å². The molecule has 0 spiro atoms. The molecule has 1 aliphatic rings. The molecule has 1 aliphatic heterocycles. The summed E-state index contributed by atoms with van der Waals surface area (Å²) in [5.74, 6) is -0.734. The molecule has 1 aromatic rings. The average Bonchev–Trinajstić information content (AvgIpc) is 2.52. The molecule has 4 heteroatoms. The number of amides is 1. The first kappa shape index (κ1) is 14.6. The Bertz CT molecular complexity index is 505. The van der Waals surface area contributed by atoms with Crippen molar-refractivity contribution in [3.8, 4) is 0 Å². The highest BCUT2D eigenvalue weighted by Gasteiger charge is 2.27. The quantitative estimate of drug-likeness (QED) is 0.922. The van der Waals surface area contributed by atoms with Crippen LogP contribution < -0.4 is 0 Å². The number of rotatable bonds is 3. The number of likely N-dealkylation sites (tertiary alicyclic amines) is 1. The molecular formula is C16H21NO3. The van der Waals surface area contributed by atoms with Crippen molar-refractivity contribution in [1.29, 1.82) is 0 Å². The predicted molar refractivity (Wildman–Crippen MR) is 76.5 cm³/mol. The van der Waals surface area contributed by atoms with Gasteiger partial charge in [-0.1, -0.05) is 26.0 Å². The molecule has 1 fully saturated rings. The zero-order valence-electron chi connectivity index (χ0n) is 12.1. The zero-order chi connectivity index (χ0) is 14.8. The molecule has 1 N–H and O–H groups in total. The molecule has 1 heterocycles. The maximum Gasteiger partial charge on any atom is 0.335 e. The SMILES string of the molecule is CC1(C)CCC(=O)N(Cc2ccc(C(=O)O)cc2)CC1. The Labute approximate surface area is 119 Å². The summed E-state index contributed by atoms with van der Waals surface area (Å²) in [4.78, 5) is 24.8. The Morgan fingerprint density at radius 1 is 1.25 bits per heavy atom. The van der Waals surface area contributed by atoms with E-state index in [-0.39, 0.29) is 16.9 Å². The standard InChI is InChI=1S/C16H21NO3/c1-16(2)8-7-14(18)17(10-9-16)11-12-3-5-13(6-4-12)15(19)20/h3-6H,7-11H2,1-2H3,(H,19,20). The van der Waals surface area contributed by atoms with Crippen molar-refractivity contribution >= 4 is 11.9 Å². The molecule has 1 amide bonds. The van der Waals surface area contributed by atoms with E-state index in [0.29, 0.717) is 13.0 Å². The van der Waals surface area contributed by atoms with Crippen LogP contribution in [0, 0.1) is 5.41 Å². The summed E-state index contributed by atoms with van der Waals surface area (Å²) in [6.45, 7) is 5.73. The Balaban J connectivity index is 2.05. The number of nitrogens with zero attached hydrogens (tertiary/aromatic N) is 1. The van der Waals surface area contributed by atoms with Gasteiger partial charge in [0.25, 0.3) is 0 Å². The summed E-state index contributed by atoms with van der Waals surface area (Å²) in [6.07, 6.45) is 2.53. The Hall–Kier alpha value is -1.84. The maximum atomic E-state index is 12.1. The molecule has 4 nitrogen and oxygen atoms in total. The van der Waals surface area contributed by atoms with Gasteiger partial charge in [0.05, 0.1) is 5.56 Å². The fourth-order valence-corrected chi connectivity index (χ4v) is 2.43. The molecule has 0 aliphatic carbocycles. The monoisotopic (exact) mass is 275 g/mol. The van der Waals surface area contributed by atoms with Crippen molar-refractivity contribution in [1.82, 2.24) is 4.90 Å². The number of carboxylic acid groups (broad SMARTS) is 1. The first-order valence-corrected chi connectivity index (χ1v) is 6.97. The largest absolute Gasteiger partial charge is 0.478 e. The molecule has 0 radical (unpaired) electrons. The fraction of sp³-hybridized carbons (Fsp3) is 0.500. The van der Waals surface area contributed by atoms with Crippen LogP contribution in [-0.4, -0.2) is 28.4 Å².